The Kier molecular flexibility index (Phi) is 4.63. The third-order valence-corrected chi connectivity index (χ3v) is 4.53. The maximum absolute atomic E-state index is 12.1. The smallest absolute Gasteiger partial charge is 0.308 e. The van der Waals surface area contributed by atoms with E-state index >= 15 is 0 Å². The molecule has 2 N–H and O–H groups in total. The van der Waals surface area contributed by atoms with Crippen LogP contribution in [0.3, 0.4) is 0 Å². The molecule has 0 radical (unpaired) electrons. The highest BCUT2D eigenvalue weighted by Crippen LogP contribution is 2.20. The molecule has 1 aliphatic heterocycles. The molecule has 1 aliphatic rings. The van der Waals surface area contributed by atoms with Gasteiger partial charge in [-0.05, 0) is 37.9 Å². The Morgan fingerprint density at radius 1 is 1.55 bits per heavy atom. The molecule has 1 aromatic rings. The second-order valence-electron chi connectivity index (χ2n) is 4.65. The first-order valence-electron chi connectivity index (χ1n) is 6.30. The lowest BCUT2D eigenvalue weighted by molar-refractivity contribution is -0.388. The molecule has 2 heterocycles. The molecule has 1 fully saturated rings. The molecule has 0 bridgehead atoms. The normalized spacial score (nSPS) is 19.7. The molecule has 1 saturated heterocycles. The van der Waals surface area contributed by atoms with Gasteiger partial charge in [-0.1, -0.05) is 0 Å². The molecule has 0 spiro atoms. The molecule has 20 heavy (non-hydrogen) atoms. The second kappa shape index (κ2) is 6.25. The summed E-state index contributed by atoms with van der Waals surface area (Å²) >= 11 is 0. The Morgan fingerprint density at radius 3 is 3.00 bits per heavy atom. The van der Waals surface area contributed by atoms with E-state index in [2.05, 4.69) is 15.0 Å². The molecule has 2 rings (SSSR count). The lowest BCUT2D eigenvalue weighted by Crippen LogP contribution is -2.38. The van der Waals surface area contributed by atoms with Crippen molar-refractivity contribution in [2.24, 2.45) is 5.92 Å². The van der Waals surface area contributed by atoms with Crippen molar-refractivity contribution in [1.29, 1.82) is 0 Å². The van der Waals surface area contributed by atoms with E-state index in [1.165, 1.54) is 12.3 Å². The van der Waals surface area contributed by atoms with Gasteiger partial charge >= 0.3 is 5.69 Å². The molecule has 0 unspecified atom stereocenters. The van der Waals surface area contributed by atoms with Crippen LogP contribution >= 0.6 is 0 Å². The fourth-order valence-corrected chi connectivity index (χ4v) is 3.33. The minimum absolute atomic E-state index is 0.196. The number of rotatable bonds is 5. The zero-order valence-electron chi connectivity index (χ0n) is 10.8. The second-order valence-corrected chi connectivity index (χ2v) is 6.33. The van der Waals surface area contributed by atoms with Crippen molar-refractivity contribution < 1.29 is 13.3 Å². The number of hydrogen-bond donors (Lipinski definition) is 2. The zero-order valence-corrected chi connectivity index (χ0v) is 11.6. The Hall–Kier alpha value is -1.58. The SMILES string of the molecule is O=[N+]([O-])c1cccnc1S(=O)(=O)NC[C@H]1CCCNC1. The Balaban J connectivity index is 2.12. The fourth-order valence-electron chi connectivity index (χ4n) is 2.12. The number of aromatic nitrogens is 1. The third-order valence-electron chi connectivity index (χ3n) is 3.16. The highest BCUT2D eigenvalue weighted by atomic mass is 32.2. The Bertz CT molecular complexity index is 584. The average Bonchev–Trinajstić information content (AvgIpc) is 2.46. The van der Waals surface area contributed by atoms with E-state index in [9.17, 15) is 18.5 Å². The van der Waals surface area contributed by atoms with Gasteiger partial charge in [-0.15, -0.1) is 0 Å². The van der Waals surface area contributed by atoms with Crippen LogP contribution in [0.4, 0.5) is 5.69 Å². The van der Waals surface area contributed by atoms with Crippen molar-refractivity contribution in [3.05, 3.63) is 28.4 Å². The fraction of sp³-hybridized carbons (Fsp3) is 0.545. The lowest BCUT2D eigenvalue weighted by atomic mass is 10.0. The van der Waals surface area contributed by atoms with Crippen molar-refractivity contribution in [1.82, 2.24) is 15.0 Å². The molecule has 0 aliphatic carbocycles. The predicted octanol–water partition coefficient (Wildman–Crippen LogP) is 0.268. The summed E-state index contributed by atoms with van der Waals surface area (Å²) in [4.78, 5) is 13.7. The minimum Gasteiger partial charge on any atom is -0.316 e. The number of piperidine rings is 1. The van der Waals surface area contributed by atoms with Crippen molar-refractivity contribution in [3.63, 3.8) is 0 Å². The largest absolute Gasteiger partial charge is 0.316 e. The van der Waals surface area contributed by atoms with Gasteiger partial charge in [-0.2, -0.15) is 0 Å². The van der Waals surface area contributed by atoms with E-state index < -0.39 is 25.7 Å². The first-order valence-corrected chi connectivity index (χ1v) is 7.79. The van der Waals surface area contributed by atoms with Crippen molar-refractivity contribution in [2.75, 3.05) is 19.6 Å². The average molecular weight is 300 g/mol. The summed E-state index contributed by atoms with van der Waals surface area (Å²) in [6, 6.07) is 2.46. The minimum atomic E-state index is -3.97. The standard InChI is InChI=1S/C11H16N4O4S/c16-15(17)10-4-2-6-13-11(10)20(18,19)14-8-9-3-1-5-12-7-9/h2,4,6,9,12,14H,1,3,5,7-8H2/t9-/m0/s1. The van der Waals surface area contributed by atoms with E-state index in [4.69, 9.17) is 0 Å². The van der Waals surface area contributed by atoms with Crippen molar-refractivity contribution in [3.8, 4) is 0 Å². The number of sulfonamides is 1. The van der Waals surface area contributed by atoms with Crippen LogP contribution < -0.4 is 10.0 Å². The van der Waals surface area contributed by atoms with Crippen LogP contribution in [-0.2, 0) is 10.0 Å². The summed E-state index contributed by atoms with van der Waals surface area (Å²) in [5.41, 5.74) is -0.512. The molecular formula is C11H16N4O4S. The van der Waals surface area contributed by atoms with Gasteiger partial charge in [-0.25, -0.2) is 18.1 Å². The number of nitrogens with one attached hydrogen (secondary N) is 2. The van der Waals surface area contributed by atoms with Crippen LogP contribution in [0, 0.1) is 16.0 Å². The summed E-state index contributed by atoms with van der Waals surface area (Å²) in [5.74, 6) is 0.196. The van der Waals surface area contributed by atoms with Gasteiger partial charge < -0.3 is 5.32 Å². The van der Waals surface area contributed by atoms with Crippen LogP contribution in [0.15, 0.2) is 23.4 Å². The molecule has 0 saturated carbocycles. The van der Waals surface area contributed by atoms with Gasteiger partial charge in [0.2, 0.25) is 5.03 Å². The summed E-state index contributed by atoms with van der Waals surface area (Å²) < 4.78 is 26.6. The van der Waals surface area contributed by atoms with Gasteiger partial charge in [0.15, 0.2) is 0 Å². The maximum Gasteiger partial charge on any atom is 0.308 e. The molecular weight excluding hydrogens is 284 g/mol. The lowest BCUT2D eigenvalue weighted by Gasteiger charge is -2.22. The van der Waals surface area contributed by atoms with Gasteiger partial charge in [0.25, 0.3) is 10.0 Å². The van der Waals surface area contributed by atoms with Gasteiger partial charge in [0.1, 0.15) is 0 Å². The highest BCUT2D eigenvalue weighted by molar-refractivity contribution is 7.89. The quantitative estimate of drug-likeness (QED) is 0.596. The van der Waals surface area contributed by atoms with E-state index in [1.807, 2.05) is 0 Å². The first kappa shape index (κ1) is 14.8. The maximum atomic E-state index is 12.1. The molecule has 8 nitrogen and oxygen atoms in total. The predicted molar refractivity (Wildman–Crippen MR) is 71.7 cm³/mol. The van der Waals surface area contributed by atoms with E-state index in [0.29, 0.717) is 0 Å². The number of nitro groups is 1. The monoisotopic (exact) mass is 300 g/mol. The van der Waals surface area contributed by atoms with Crippen LogP contribution in [0.2, 0.25) is 0 Å². The van der Waals surface area contributed by atoms with E-state index in [1.54, 1.807) is 0 Å². The number of hydrogen-bond acceptors (Lipinski definition) is 6. The summed E-state index contributed by atoms with van der Waals surface area (Å²) in [5, 5.41) is 13.5. The molecule has 1 atom stereocenters. The summed E-state index contributed by atoms with van der Waals surface area (Å²) in [6.45, 7) is 1.94. The summed E-state index contributed by atoms with van der Waals surface area (Å²) in [7, 11) is -3.97. The number of pyridine rings is 1. The van der Waals surface area contributed by atoms with Gasteiger partial charge in [0, 0.05) is 18.8 Å². The third kappa shape index (κ3) is 3.50. The van der Waals surface area contributed by atoms with Crippen LogP contribution in [0.25, 0.3) is 0 Å². The van der Waals surface area contributed by atoms with E-state index in [-0.39, 0.29) is 12.5 Å². The van der Waals surface area contributed by atoms with E-state index in [0.717, 1.165) is 32.0 Å². The van der Waals surface area contributed by atoms with Crippen LogP contribution in [0.1, 0.15) is 12.8 Å². The molecule has 0 amide bonds. The first-order chi connectivity index (χ1) is 9.50. The van der Waals surface area contributed by atoms with Crippen molar-refractivity contribution >= 4 is 15.7 Å². The topological polar surface area (TPSA) is 114 Å². The zero-order chi connectivity index (χ0) is 14.6. The van der Waals surface area contributed by atoms with Gasteiger partial charge in [-0.3, -0.25) is 10.1 Å². The molecule has 0 aromatic carbocycles. The summed E-state index contributed by atoms with van der Waals surface area (Å²) in [6.07, 6.45) is 3.15. The number of nitrogens with zero attached hydrogens (tertiary/aromatic N) is 2. The highest BCUT2D eigenvalue weighted by Gasteiger charge is 2.27. The van der Waals surface area contributed by atoms with Crippen molar-refractivity contribution in [2.45, 2.75) is 17.9 Å². The molecule has 110 valence electrons. The molecule has 9 heteroatoms. The Labute approximate surface area is 116 Å². The Morgan fingerprint density at radius 2 is 2.35 bits per heavy atom. The van der Waals surface area contributed by atoms with Crippen LogP contribution in [-0.4, -0.2) is 38.0 Å². The van der Waals surface area contributed by atoms with Crippen LogP contribution in [0.5, 0.6) is 0 Å². The molecule has 1 aromatic heterocycles. The van der Waals surface area contributed by atoms with Gasteiger partial charge in [0.05, 0.1) is 4.92 Å².